The van der Waals surface area contributed by atoms with Crippen molar-refractivity contribution >= 4 is 48.5 Å². The van der Waals surface area contributed by atoms with Crippen LogP contribution >= 0.6 is 11.6 Å². The summed E-state index contributed by atoms with van der Waals surface area (Å²) in [5.74, 6) is -0.0935. The van der Waals surface area contributed by atoms with Gasteiger partial charge in [-0.1, -0.05) is 37.3 Å². The van der Waals surface area contributed by atoms with Crippen LogP contribution in [0.3, 0.4) is 0 Å². The van der Waals surface area contributed by atoms with Crippen molar-refractivity contribution in [2.45, 2.75) is 37.8 Å². The number of imide groups is 1. The van der Waals surface area contributed by atoms with Crippen LogP contribution in [-0.2, 0) is 21.6 Å². The molecule has 1 atom stereocenters. The van der Waals surface area contributed by atoms with E-state index in [2.05, 4.69) is 29.9 Å². The lowest BCUT2D eigenvalue weighted by molar-refractivity contribution is -0.136. The summed E-state index contributed by atoms with van der Waals surface area (Å²) >= 11 is 6.06. The number of furan rings is 1. The second kappa shape index (κ2) is 9.72. The third-order valence-electron chi connectivity index (χ3n) is 6.81. The number of urea groups is 1. The number of aromatic nitrogens is 1. The van der Waals surface area contributed by atoms with Crippen LogP contribution in [-0.4, -0.2) is 67.7 Å². The van der Waals surface area contributed by atoms with Crippen molar-refractivity contribution in [3.05, 3.63) is 58.6 Å². The average molecular weight is 557 g/mol. The smallest absolute Gasteiger partial charge is 0.327 e. The topological polar surface area (TPSA) is 114 Å². The molecule has 2 aliphatic rings. The number of fused-ring (bicyclic) bond motifs is 2. The number of methoxy groups -OCH3 is 1. The number of nitrogens with one attached hydrogen (secondary N) is 1. The number of carbonyl (C=O) groups is 3. The number of hydrogen-bond acceptors (Lipinski definition) is 7. The van der Waals surface area contributed by atoms with Crippen LogP contribution in [0, 0.1) is 0 Å². The zero-order valence-electron chi connectivity index (χ0n) is 21.7. The van der Waals surface area contributed by atoms with E-state index in [1.807, 2.05) is 6.07 Å². The van der Waals surface area contributed by atoms with E-state index in [1.54, 1.807) is 24.3 Å². The van der Waals surface area contributed by atoms with E-state index in [-0.39, 0.29) is 36.6 Å². The maximum Gasteiger partial charge on any atom is 0.327 e. The Morgan fingerprint density at radius 1 is 1.18 bits per heavy atom. The number of ether oxygens (including phenoxy) is 2. The van der Waals surface area contributed by atoms with Crippen LogP contribution in [0.1, 0.15) is 21.7 Å². The molecule has 200 valence electrons. The van der Waals surface area contributed by atoms with Gasteiger partial charge >= 0.3 is 6.03 Å². The Kier molecular flexibility index (Phi) is 6.70. The summed E-state index contributed by atoms with van der Waals surface area (Å²) in [6.07, 6.45) is 1.45. The number of rotatable bonds is 9. The van der Waals surface area contributed by atoms with Gasteiger partial charge in [0.15, 0.2) is 11.1 Å². The number of carbonyl (C=O) groups excluding carboxylic acids is 3. The first-order chi connectivity index (χ1) is 18.0. The van der Waals surface area contributed by atoms with Crippen molar-refractivity contribution in [3.8, 4) is 5.75 Å². The quantitative estimate of drug-likeness (QED) is 0.182. The molecule has 4 heterocycles. The molecule has 12 heteroatoms. The Labute approximate surface area is 225 Å². The van der Waals surface area contributed by atoms with E-state index in [0.717, 1.165) is 16.5 Å². The molecule has 0 radical (unpaired) electrons. The summed E-state index contributed by atoms with van der Waals surface area (Å²) in [7, 11) is 0.175. The molecule has 0 saturated carbocycles. The van der Waals surface area contributed by atoms with Crippen molar-refractivity contribution < 1.29 is 28.3 Å². The van der Waals surface area contributed by atoms with Crippen LogP contribution in [0.4, 0.5) is 4.79 Å². The zero-order chi connectivity index (χ0) is 27.2. The van der Waals surface area contributed by atoms with Gasteiger partial charge in [0, 0.05) is 32.2 Å². The first kappa shape index (κ1) is 26.2. The first-order valence-electron chi connectivity index (χ1n) is 12.2. The van der Waals surface area contributed by atoms with Crippen molar-refractivity contribution in [1.29, 1.82) is 0 Å². The van der Waals surface area contributed by atoms with Gasteiger partial charge in [-0.3, -0.25) is 9.59 Å². The Bertz CT molecular complexity index is 1440. The van der Waals surface area contributed by atoms with Crippen molar-refractivity contribution in [2.75, 3.05) is 27.0 Å². The number of benzene rings is 1. The SMILES string of the molecule is COc1ccc2c(c1)C(=O)N(C[C@@]1(c3cc4cc(Cl)ncc4o3)NC(=O)N(COCC[Si](C)(C)C)C1=O)C2. The minimum absolute atomic E-state index is 0.139. The number of hydrogen-bond donors (Lipinski definition) is 1. The highest BCUT2D eigenvalue weighted by atomic mass is 35.5. The lowest BCUT2D eigenvalue weighted by Crippen LogP contribution is -2.52. The predicted octanol–water partition coefficient (Wildman–Crippen LogP) is 4.21. The van der Waals surface area contributed by atoms with Gasteiger partial charge < -0.3 is 24.1 Å². The molecule has 1 saturated heterocycles. The van der Waals surface area contributed by atoms with Gasteiger partial charge in [0.05, 0.1) is 19.9 Å². The summed E-state index contributed by atoms with van der Waals surface area (Å²) < 4.78 is 17.0. The van der Waals surface area contributed by atoms with Crippen molar-refractivity contribution in [3.63, 3.8) is 0 Å². The fraction of sp³-hybridized carbons (Fsp3) is 0.385. The third-order valence-corrected chi connectivity index (χ3v) is 8.72. The molecule has 1 fully saturated rings. The van der Waals surface area contributed by atoms with Gasteiger partial charge in [-0.05, 0) is 35.9 Å². The van der Waals surface area contributed by atoms with Crippen LogP contribution in [0.15, 0.2) is 40.9 Å². The Morgan fingerprint density at radius 3 is 2.71 bits per heavy atom. The molecule has 10 nitrogen and oxygen atoms in total. The van der Waals surface area contributed by atoms with E-state index in [9.17, 15) is 14.4 Å². The first-order valence-corrected chi connectivity index (χ1v) is 16.3. The van der Waals surface area contributed by atoms with E-state index < -0.39 is 25.6 Å². The van der Waals surface area contributed by atoms with Gasteiger partial charge in [0.25, 0.3) is 11.8 Å². The van der Waals surface area contributed by atoms with Gasteiger partial charge in [-0.25, -0.2) is 14.7 Å². The summed E-state index contributed by atoms with van der Waals surface area (Å²) in [5, 5.41) is 3.69. The fourth-order valence-corrected chi connectivity index (χ4v) is 5.56. The molecule has 2 aliphatic heterocycles. The van der Waals surface area contributed by atoms with Crippen molar-refractivity contribution in [1.82, 2.24) is 20.1 Å². The van der Waals surface area contributed by atoms with E-state index >= 15 is 0 Å². The summed E-state index contributed by atoms with van der Waals surface area (Å²) in [4.78, 5) is 47.0. The van der Waals surface area contributed by atoms with Gasteiger partial charge in [0.1, 0.15) is 23.4 Å². The molecule has 0 unspecified atom stereocenters. The summed E-state index contributed by atoms with van der Waals surface area (Å²) in [6, 6.07) is 8.80. The molecule has 0 bridgehead atoms. The molecular weight excluding hydrogens is 528 g/mol. The Morgan fingerprint density at radius 2 is 1.97 bits per heavy atom. The lowest BCUT2D eigenvalue weighted by Gasteiger charge is -2.29. The number of amides is 4. The van der Waals surface area contributed by atoms with Gasteiger partial charge in [-0.2, -0.15) is 0 Å². The number of pyridine rings is 1. The largest absolute Gasteiger partial charge is 0.497 e. The molecular formula is C26H29ClN4O6Si. The molecule has 0 spiro atoms. The zero-order valence-corrected chi connectivity index (χ0v) is 23.4. The molecule has 4 amide bonds. The van der Waals surface area contributed by atoms with Crippen LogP contribution in [0.25, 0.3) is 11.0 Å². The third kappa shape index (κ3) is 4.77. The molecule has 1 N–H and O–H groups in total. The van der Waals surface area contributed by atoms with Gasteiger partial charge in [0.2, 0.25) is 0 Å². The van der Waals surface area contributed by atoms with Crippen LogP contribution in [0.2, 0.25) is 30.8 Å². The molecule has 3 aromatic rings. The monoisotopic (exact) mass is 556 g/mol. The maximum absolute atomic E-state index is 14.0. The highest BCUT2D eigenvalue weighted by Crippen LogP contribution is 2.37. The Balaban J connectivity index is 1.47. The lowest BCUT2D eigenvalue weighted by atomic mass is 9.95. The van der Waals surface area contributed by atoms with E-state index in [1.165, 1.54) is 18.2 Å². The maximum atomic E-state index is 14.0. The van der Waals surface area contributed by atoms with Crippen LogP contribution in [0.5, 0.6) is 5.75 Å². The second-order valence-corrected chi connectivity index (χ2v) is 16.8. The highest BCUT2D eigenvalue weighted by Gasteiger charge is 2.56. The minimum atomic E-state index is -1.66. The van der Waals surface area contributed by atoms with E-state index in [4.69, 9.17) is 25.5 Å². The number of halogens is 1. The summed E-state index contributed by atoms with van der Waals surface area (Å²) in [5.41, 5.74) is 0.0293. The number of nitrogens with zero attached hydrogens (tertiary/aromatic N) is 3. The van der Waals surface area contributed by atoms with E-state index in [0.29, 0.717) is 28.9 Å². The highest BCUT2D eigenvalue weighted by molar-refractivity contribution is 6.76. The minimum Gasteiger partial charge on any atom is -0.497 e. The molecule has 5 rings (SSSR count). The second-order valence-electron chi connectivity index (χ2n) is 10.8. The molecule has 2 aromatic heterocycles. The fourth-order valence-electron chi connectivity index (χ4n) is 4.64. The molecule has 38 heavy (non-hydrogen) atoms. The Hall–Kier alpha value is -3.41. The van der Waals surface area contributed by atoms with Crippen LogP contribution < -0.4 is 10.1 Å². The molecule has 0 aliphatic carbocycles. The average Bonchev–Trinajstić information content (AvgIpc) is 3.49. The summed E-state index contributed by atoms with van der Waals surface area (Å²) in [6.45, 7) is 7.03. The van der Waals surface area contributed by atoms with Gasteiger partial charge in [-0.15, -0.1) is 0 Å². The normalized spacial score (nSPS) is 19.4. The standard InChI is InChI=1S/C26H29ClN4O6Si/c1-35-18-6-5-16-13-30(23(32)19(16)11-18)14-26(21-9-17-10-22(27)28-12-20(17)37-21)24(33)31(25(34)29-26)15-36-7-8-38(2,3)4/h5-6,9-12H,7-8,13-15H2,1-4H3,(H,29,34)/t26-/m0/s1. The molecule has 1 aromatic carbocycles. The predicted molar refractivity (Wildman–Crippen MR) is 143 cm³/mol. The van der Waals surface area contributed by atoms with Crippen molar-refractivity contribution in [2.24, 2.45) is 0 Å².